The van der Waals surface area contributed by atoms with Crippen molar-refractivity contribution in [3.8, 4) is 5.75 Å². The van der Waals surface area contributed by atoms with Crippen LogP contribution in [0, 0.1) is 0 Å². The SMILES string of the molecule is COC(=O)C1=C(C(=O)OC)N(c2cc(OC)c3ccccc3c2)C=CC=C1. The fraction of sp³-hybridized carbons (Fsp3) is 0.143. The van der Waals surface area contributed by atoms with E-state index in [1.807, 2.05) is 30.3 Å². The van der Waals surface area contributed by atoms with Crippen molar-refractivity contribution in [1.82, 2.24) is 0 Å². The van der Waals surface area contributed by atoms with Gasteiger partial charge in [0.2, 0.25) is 0 Å². The van der Waals surface area contributed by atoms with Crippen LogP contribution in [0.4, 0.5) is 5.69 Å². The number of benzene rings is 2. The number of allylic oxidation sites excluding steroid dienone is 2. The minimum Gasteiger partial charge on any atom is -0.496 e. The molecule has 2 aromatic carbocycles. The van der Waals surface area contributed by atoms with E-state index in [2.05, 4.69) is 0 Å². The monoisotopic (exact) mass is 365 g/mol. The van der Waals surface area contributed by atoms with Gasteiger partial charge in [0.15, 0.2) is 0 Å². The van der Waals surface area contributed by atoms with Gasteiger partial charge in [-0.3, -0.25) is 0 Å². The molecule has 3 rings (SSSR count). The van der Waals surface area contributed by atoms with E-state index >= 15 is 0 Å². The number of fused-ring (bicyclic) bond motifs is 1. The fourth-order valence-corrected chi connectivity index (χ4v) is 2.93. The molecule has 0 aromatic heterocycles. The second-order valence-corrected chi connectivity index (χ2v) is 5.69. The van der Waals surface area contributed by atoms with Crippen LogP contribution in [0.1, 0.15) is 0 Å². The highest BCUT2D eigenvalue weighted by molar-refractivity contribution is 6.06. The zero-order valence-corrected chi connectivity index (χ0v) is 15.3. The summed E-state index contributed by atoms with van der Waals surface area (Å²) in [5.41, 5.74) is 0.806. The Kier molecular flexibility index (Phi) is 5.26. The molecule has 1 aliphatic rings. The Hall–Kier alpha value is -3.54. The zero-order chi connectivity index (χ0) is 19.4. The standard InChI is InChI=1S/C21H19NO5/c1-25-18-13-15(12-14-8-4-5-9-16(14)18)22-11-7-6-10-17(20(23)26-2)19(22)21(24)27-3/h4-13H,1-3H3. The summed E-state index contributed by atoms with van der Waals surface area (Å²) in [5, 5.41) is 1.87. The van der Waals surface area contributed by atoms with E-state index < -0.39 is 11.9 Å². The lowest BCUT2D eigenvalue weighted by Crippen LogP contribution is -2.27. The lowest BCUT2D eigenvalue weighted by Gasteiger charge is -2.24. The summed E-state index contributed by atoms with van der Waals surface area (Å²) >= 11 is 0. The van der Waals surface area contributed by atoms with E-state index in [0.717, 1.165) is 10.8 Å². The molecule has 0 atom stereocenters. The fourth-order valence-electron chi connectivity index (χ4n) is 2.93. The molecule has 0 fully saturated rings. The summed E-state index contributed by atoms with van der Waals surface area (Å²) in [6, 6.07) is 11.5. The van der Waals surface area contributed by atoms with Crippen molar-refractivity contribution in [2.45, 2.75) is 0 Å². The zero-order valence-electron chi connectivity index (χ0n) is 15.3. The normalized spacial score (nSPS) is 13.5. The highest BCUT2D eigenvalue weighted by Crippen LogP contribution is 2.34. The van der Waals surface area contributed by atoms with Crippen molar-refractivity contribution in [3.05, 3.63) is 72.1 Å². The highest BCUT2D eigenvalue weighted by Gasteiger charge is 2.27. The quantitative estimate of drug-likeness (QED) is 0.775. The summed E-state index contributed by atoms with van der Waals surface area (Å²) in [7, 11) is 4.11. The van der Waals surface area contributed by atoms with Crippen LogP contribution in [0.15, 0.2) is 72.1 Å². The number of esters is 2. The van der Waals surface area contributed by atoms with Gasteiger partial charge in [0.1, 0.15) is 11.4 Å². The molecule has 0 saturated carbocycles. The molecule has 0 aliphatic carbocycles. The van der Waals surface area contributed by atoms with Crippen molar-refractivity contribution in [2.24, 2.45) is 0 Å². The van der Waals surface area contributed by atoms with E-state index in [-0.39, 0.29) is 11.3 Å². The second-order valence-electron chi connectivity index (χ2n) is 5.69. The number of methoxy groups -OCH3 is 3. The molecule has 0 spiro atoms. The van der Waals surface area contributed by atoms with Crippen LogP contribution in [-0.2, 0) is 19.1 Å². The minimum atomic E-state index is -0.654. The van der Waals surface area contributed by atoms with E-state index in [0.29, 0.717) is 11.4 Å². The number of hydrogen-bond donors (Lipinski definition) is 0. The number of nitrogens with zero attached hydrogens (tertiary/aromatic N) is 1. The third kappa shape index (κ3) is 3.42. The summed E-state index contributed by atoms with van der Waals surface area (Å²) in [6.07, 6.45) is 6.59. The van der Waals surface area contributed by atoms with Crippen LogP contribution in [-0.4, -0.2) is 33.3 Å². The molecule has 0 radical (unpaired) electrons. The molecule has 0 N–H and O–H groups in total. The number of ether oxygens (including phenoxy) is 3. The molecular formula is C21H19NO5. The summed E-state index contributed by atoms with van der Waals surface area (Å²) < 4.78 is 15.3. The first-order valence-electron chi connectivity index (χ1n) is 8.22. The van der Waals surface area contributed by atoms with Crippen LogP contribution < -0.4 is 9.64 Å². The molecule has 6 heteroatoms. The Balaban J connectivity index is 2.26. The Labute approximate surface area is 156 Å². The summed E-state index contributed by atoms with van der Waals surface area (Å²) in [6.45, 7) is 0. The summed E-state index contributed by atoms with van der Waals surface area (Å²) in [5.74, 6) is -0.635. The summed E-state index contributed by atoms with van der Waals surface area (Å²) in [4.78, 5) is 26.4. The molecule has 0 unspecified atom stereocenters. The first-order chi connectivity index (χ1) is 13.1. The Morgan fingerprint density at radius 3 is 2.37 bits per heavy atom. The van der Waals surface area contributed by atoms with Gasteiger partial charge in [-0.1, -0.05) is 30.3 Å². The predicted molar refractivity (Wildman–Crippen MR) is 102 cm³/mol. The van der Waals surface area contributed by atoms with E-state index in [4.69, 9.17) is 14.2 Å². The van der Waals surface area contributed by atoms with Crippen LogP contribution >= 0.6 is 0 Å². The average Bonchev–Trinajstić information content (AvgIpc) is 2.94. The van der Waals surface area contributed by atoms with Crippen molar-refractivity contribution < 1.29 is 23.8 Å². The molecule has 138 valence electrons. The van der Waals surface area contributed by atoms with Gasteiger partial charge in [-0.2, -0.15) is 0 Å². The Bertz CT molecular complexity index is 987. The van der Waals surface area contributed by atoms with Crippen molar-refractivity contribution in [3.63, 3.8) is 0 Å². The number of anilines is 1. The molecule has 0 amide bonds. The lowest BCUT2D eigenvalue weighted by molar-refractivity contribution is -0.139. The maximum Gasteiger partial charge on any atom is 0.355 e. The molecular weight excluding hydrogens is 346 g/mol. The van der Waals surface area contributed by atoms with Gasteiger partial charge in [-0.05, 0) is 23.6 Å². The maximum atomic E-state index is 12.5. The van der Waals surface area contributed by atoms with Gasteiger partial charge < -0.3 is 19.1 Å². The third-order valence-corrected chi connectivity index (χ3v) is 4.20. The van der Waals surface area contributed by atoms with Crippen LogP contribution in [0.25, 0.3) is 10.8 Å². The maximum absolute atomic E-state index is 12.5. The van der Waals surface area contributed by atoms with E-state index in [1.165, 1.54) is 20.3 Å². The smallest absolute Gasteiger partial charge is 0.355 e. The van der Waals surface area contributed by atoms with Gasteiger partial charge in [0, 0.05) is 17.7 Å². The second kappa shape index (κ2) is 7.78. The molecule has 2 aromatic rings. The van der Waals surface area contributed by atoms with Crippen LogP contribution in [0.5, 0.6) is 5.75 Å². The van der Waals surface area contributed by atoms with Crippen molar-refractivity contribution in [1.29, 1.82) is 0 Å². The molecule has 1 aliphatic heterocycles. The van der Waals surface area contributed by atoms with Gasteiger partial charge in [-0.15, -0.1) is 0 Å². The molecule has 0 bridgehead atoms. The highest BCUT2D eigenvalue weighted by atomic mass is 16.5. The third-order valence-electron chi connectivity index (χ3n) is 4.20. The largest absolute Gasteiger partial charge is 0.496 e. The number of hydrogen-bond acceptors (Lipinski definition) is 6. The van der Waals surface area contributed by atoms with Gasteiger partial charge in [0.05, 0.1) is 32.6 Å². The van der Waals surface area contributed by atoms with E-state index in [1.54, 1.807) is 36.4 Å². The predicted octanol–water partition coefficient (Wildman–Crippen LogP) is 3.34. The van der Waals surface area contributed by atoms with E-state index in [9.17, 15) is 9.59 Å². The Morgan fingerprint density at radius 2 is 1.67 bits per heavy atom. The topological polar surface area (TPSA) is 65.1 Å². The molecule has 27 heavy (non-hydrogen) atoms. The number of rotatable bonds is 4. The van der Waals surface area contributed by atoms with Gasteiger partial charge in [0.25, 0.3) is 0 Å². The van der Waals surface area contributed by atoms with Crippen LogP contribution in [0.2, 0.25) is 0 Å². The lowest BCUT2D eigenvalue weighted by atomic mass is 10.1. The molecule has 6 nitrogen and oxygen atoms in total. The van der Waals surface area contributed by atoms with Gasteiger partial charge >= 0.3 is 11.9 Å². The Morgan fingerprint density at radius 1 is 0.926 bits per heavy atom. The number of carbonyl (C=O) groups excluding carboxylic acids is 2. The average molecular weight is 365 g/mol. The van der Waals surface area contributed by atoms with Crippen molar-refractivity contribution in [2.75, 3.05) is 26.2 Å². The minimum absolute atomic E-state index is 0.0617. The number of carbonyl (C=O) groups is 2. The molecule has 1 heterocycles. The first kappa shape index (κ1) is 18.3. The van der Waals surface area contributed by atoms with Crippen molar-refractivity contribution >= 4 is 28.4 Å². The molecule has 0 saturated heterocycles. The van der Waals surface area contributed by atoms with Crippen LogP contribution in [0.3, 0.4) is 0 Å². The van der Waals surface area contributed by atoms with Gasteiger partial charge in [-0.25, -0.2) is 9.59 Å². The first-order valence-corrected chi connectivity index (χ1v) is 8.22.